The largest absolute Gasteiger partial charge is 0.467 e. The summed E-state index contributed by atoms with van der Waals surface area (Å²) in [4.78, 5) is 29.4. The average Bonchev–Trinajstić information content (AvgIpc) is 3.45. The fraction of sp³-hybridized carbons (Fsp3) is 0.286. The van der Waals surface area contributed by atoms with Crippen LogP contribution in [0.2, 0.25) is 0 Å². The third kappa shape index (κ3) is 4.64. The maximum atomic E-state index is 13.8. The molecule has 4 aromatic rings. The molecule has 2 aromatic carbocycles. The molecule has 1 N–H and O–H groups in total. The van der Waals surface area contributed by atoms with Crippen LogP contribution in [-0.4, -0.2) is 56.2 Å². The second kappa shape index (κ2) is 11.0. The minimum Gasteiger partial charge on any atom is -0.467 e. The average molecular weight is 562 g/mol. The highest BCUT2D eigenvalue weighted by Gasteiger charge is 2.37. The highest BCUT2D eigenvalue weighted by atomic mass is 32.2. The number of methoxy groups -OCH3 is 1. The van der Waals surface area contributed by atoms with E-state index < -0.39 is 11.2 Å². The van der Waals surface area contributed by atoms with Crippen LogP contribution in [0.1, 0.15) is 29.8 Å². The number of nitrogens with zero attached hydrogens (tertiary/aromatic N) is 6. The maximum absolute atomic E-state index is 13.8. The van der Waals surface area contributed by atoms with Gasteiger partial charge in [0.05, 0.1) is 31.1 Å². The van der Waals surface area contributed by atoms with E-state index in [-0.39, 0.29) is 23.6 Å². The summed E-state index contributed by atoms with van der Waals surface area (Å²) in [6.45, 7) is 4.56. The number of amides is 1. The van der Waals surface area contributed by atoms with E-state index in [1.165, 1.54) is 16.4 Å². The number of hydrogen-bond donors (Lipinski definition) is 1. The van der Waals surface area contributed by atoms with E-state index in [1.807, 2.05) is 58.9 Å². The van der Waals surface area contributed by atoms with E-state index in [9.17, 15) is 13.8 Å². The van der Waals surface area contributed by atoms with E-state index in [0.29, 0.717) is 35.7 Å². The number of carbonyl (C=O) groups excluding carboxylic acids is 1. The Labute approximate surface area is 234 Å². The normalized spacial score (nSPS) is 16.8. The molecule has 12 heteroatoms. The molecule has 0 bridgehead atoms. The third-order valence-electron chi connectivity index (χ3n) is 6.91. The van der Waals surface area contributed by atoms with Crippen LogP contribution in [0, 0.1) is 0 Å². The van der Waals surface area contributed by atoms with Crippen LogP contribution in [0.5, 0.6) is 6.01 Å². The first-order chi connectivity index (χ1) is 19.3. The molecule has 0 aliphatic carbocycles. The molecule has 0 spiro atoms. The fourth-order valence-electron chi connectivity index (χ4n) is 4.97. The monoisotopic (exact) mass is 561 g/mol. The summed E-state index contributed by atoms with van der Waals surface area (Å²) in [7, 11) is 4.63. The molecule has 1 amide bonds. The number of rotatable bonds is 7. The maximum Gasteiger partial charge on any atom is 0.353 e. The van der Waals surface area contributed by atoms with Crippen molar-refractivity contribution in [2.45, 2.75) is 26.3 Å². The zero-order valence-corrected chi connectivity index (χ0v) is 23.8. The summed E-state index contributed by atoms with van der Waals surface area (Å²) in [6.07, 6.45) is 2.40. The number of benzene rings is 2. The van der Waals surface area contributed by atoms with Gasteiger partial charge in [-0.3, -0.25) is 13.4 Å². The molecule has 0 saturated carbocycles. The quantitative estimate of drug-likeness (QED) is 0.371. The zero-order valence-electron chi connectivity index (χ0n) is 23.0. The van der Waals surface area contributed by atoms with Crippen molar-refractivity contribution in [1.29, 1.82) is 0 Å². The van der Waals surface area contributed by atoms with Crippen LogP contribution in [0.4, 0.5) is 11.5 Å². The Kier molecular flexibility index (Phi) is 7.44. The van der Waals surface area contributed by atoms with Crippen molar-refractivity contribution in [3.63, 3.8) is 0 Å². The molecule has 0 radical (unpaired) electrons. The van der Waals surface area contributed by atoms with Crippen molar-refractivity contribution in [3.8, 4) is 22.8 Å². The molecule has 1 fully saturated rings. The van der Waals surface area contributed by atoms with E-state index in [4.69, 9.17) is 4.74 Å². The molecular weight excluding hydrogens is 530 g/mol. The first-order valence-electron chi connectivity index (χ1n) is 12.9. The van der Waals surface area contributed by atoms with E-state index in [0.717, 1.165) is 16.7 Å². The second-order valence-electron chi connectivity index (χ2n) is 9.39. The van der Waals surface area contributed by atoms with Crippen LogP contribution in [0.15, 0.2) is 65.6 Å². The molecule has 1 saturated heterocycles. The number of aryl methyl sites for hydroxylation is 1. The van der Waals surface area contributed by atoms with Gasteiger partial charge < -0.3 is 10.1 Å². The van der Waals surface area contributed by atoms with E-state index >= 15 is 0 Å². The molecule has 208 valence electrons. The van der Waals surface area contributed by atoms with Crippen molar-refractivity contribution in [2.75, 3.05) is 29.3 Å². The lowest BCUT2D eigenvalue weighted by molar-refractivity contribution is 0.0963. The number of anilines is 2. The summed E-state index contributed by atoms with van der Waals surface area (Å²) >= 11 is -1.55. The number of ether oxygens (including phenoxy) is 1. The summed E-state index contributed by atoms with van der Waals surface area (Å²) in [5, 5.41) is 6.74. The smallest absolute Gasteiger partial charge is 0.353 e. The topological polar surface area (TPSA) is 115 Å². The molecule has 2 atom stereocenters. The molecule has 40 heavy (non-hydrogen) atoms. The van der Waals surface area contributed by atoms with Gasteiger partial charge in [-0.2, -0.15) is 0 Å². The van der Waals surface area contributed by atoms with E-state index in [2.05, 4.69) is 15.4 Å². The van der Waals surface area contributed by atoms with Gasteiger partial charge in [0, 0.05) is 31.4 Å². The summed E-state index contributed by atoms with van der Waals surface area (Å²) in [5.41, 5.74) is 4.42. The number of hydrogen-bond acceptors (Lipinski definition) is 6. The molecular formula is C28H31N7O4S. The third-order valence-corrected chi connectivity index (χ3v) is 8.52. The number of aromatic nitrogens is 4. The van der Waals surface area contributed by atoms with Gasteiger partial charge in [0.15, 0.2) is 0 Å². The number of carbonyl (C=O) groups is 1. The minimum absolute atomic E-state index is 0.0806. The van der Waals surface area contributed by atoms with Crippen molar-refractivity contribution in [3.05, 3.63) is 82.4 Å². The van der Waals surface area contributed by atoms with Crippen LogP contribution in [0.3, 0.4) is 0 Å². The van der Waals surface area contributed by atoms with Gasteiger partial charge in [-0.25, -0.2) is 23.2 Å². The summed E-state index contributed by atoms with van der Waals surface area (Å²) in [5.74, 6) is 0.459. The highest BCUT2D eigenvalue weighted by Crippen LogP contribution is 2.36. The Morgan fingerprint density at radius 3 is 2.58 bits per heavy atom. The molecule has 2 aromatic heterocycles. The lowest BCUT2D eigenvalue weighted by atomic mass is 9.99. The molecule has 3 heterocycles. The van der Waals surface area contributed by atoms with Crippen LogP contribution < -0.4 is 24.4 Å². The molecule has 11 nitrogen and oxygen atoms in total. The lowest BCUT2D eigenvalue weighted by Crippen LogP contribution is -2.30. The van der Waals surface area contributed by atoms with Gasteiger partial charge in [0.2, 0.25) is 11.2 Å². The first-order valence-corrected chi connectivity index (χ1v) is 13.9. The standard InChI is InChI=1S/C28H31N7O4S/c1-6-23-24(19-10-12-21(13-11-19)34-27(39-5)31-32(4)28(34)37)14-15-30-25(23)33-17-18(2)35(40(33)38)22-9-7-8-20(16-22)26(36)29-3/h7-16,18H,6,17H2,1-5H3,(H,29,36)/t18-,40?/m0/s1. The van der Waals surface area contributed by atoms with Crippen LogP contribution in [-0.2, 0) is 24.6 Å². The number of pyridine rings is 1. The van der Waals surface area contributed by atoms with Gasteiger partial charge in [-0.1, -0.05) is 25.1 Å². The second-order valence-corrected chi connectivity index (χ2v) is 10.7. The zero-order chi connectivity index (χ0) is 28.6. The Hall–Kier alpha value is -4.45. The molecule has 1 aliphatic rings. The van der Waals surface area contributed by atoms with E-state index in [1.54, 1.807) is 38.5 Å². The summed E-state index contributed by atoms with van der Waals surface area (Å²) in [6, 6.07) is 16.8. The van der Waals surface area contributed by atoms with Crippen molar-refractivity contribution in [1.82, 2.24) is 24.6 Å². The Balaban J connectivity index is 1.49. The summed E-state index contributed by atoms with van der Waals surface area (Å²) < 4.78 is 25.4. The van der Waals surface area contributed by atoms with Crippen molar-refractivity contribution < 1.29 is 13.7 Å². The molecule has 1 unspecified atom stereocenters. The van der Waals surface area contributed by atoms with Gasteiger partial charge in [0.1, 0.15) is 5.82 Å². The van der Waals surface area contributed by atoms with Gasteiger partial charge in [-0.05, 0) is 60.9 Å². The minimum atomic E-state index is -1.55. The Morgan fingerprint density at radius 2 is 1.90 bits per heavy atom. The van der Waals surface area contributed by atoms with Gasteiger partial charge >= 0.3 is 11.7 Å². The lowest BCUT2D eigenvalue weighted by Gasteiger charge is -2.23. The first kappa shape index (κ1) is 27.1. The number of nitrogens with one attached hydrogen (secondary N) is 1. The fourth-order valence-corrected chi connectivity index (χ4v) is 6.50. The predicted octanol–water partition coefficient (Wildman–Crippen LogP) is 2.86. The highest BCUT2D eigenvalue weighted by molar-refractivity contribution is 7.88. The molecule has 1 aliphatic heterocycles. The Bertz CT molecular complexity index is 1650. The molecule has 5 rings (SSSR count). The Morgan fingerprint density at radius 1 is 1.15 bits per heavy atom. The van der Waals surface area contributed by atoms with Gasteiger partial charge in [-0.15, -0.1) is 5.10 Å². The van der Waals surface area contributed by atoms with Crippen molar-refractivity contribution in [2.24, 2.45) is 7.05 Å². The van der Waals surface area contributed by atoms with Crippen LogP contribution >= 0.6 is 0 Å². The SMILES string of the molecule is CCc1c(-c2ccc(-n3c(OC)nn(C)c3=O)cc2)ccnc1N1C[C@H](C)N(c2cccc(C(=O)NC)c2)S1=O. The van der Waals surface area contributed by atoms with Crippen molar-refractivity contribution >= 4 is 28.6 Å². The van der Waals surface area contributed by atoms with Crippen LogP contribution in [0.25, 0.3) is 16.8 Å². The van der Waals surface area contributed by atoms with Gasteiger partial charge in [0.25, 0.3) is 5.91 Å². The predicted molar refractivity (Wildman–Crippen MR) is 155 cm³/mol.